The highest BCUT2D eigenvalue weighted by atomic mass is 32.2. The van der Waals surface area contributed by atoms with E-state index in [9.17, 15) is 12.8 Å². The van der Waals surface area contributed by atoms with Gasteiger partial charge in [-0.25, -0.2) is 17.5 Å². The van der Waals surface area contributed by atoms with Crippen molar-refractivity contribution in [2.24, 2.45) is 0 Å². The van der Waals surface area contributed by atoms with Crippen molar-refractivity contribution in [1.82, 2.24) is 5.16 Å². The number of benzene rings is 1. The van der Waals surface area contributed by atoms with Crippen molar-refractivity contribution in [2.45, 2.75) is 11.8 Å². The molecule has 6 nitrogen and oxygen atoms in total. The molecule has 0 unspecified atom stereocenters. The van der Waals surface area contributed by atoms with Gasteiger partial charge in [0, 0.05) is 11.6 Å². The molecule has 0 radical (unpaired) electrons. The first-order valence-electron chi connectivity index (χ1n) is 5.78. The van der Waals surface area contributed by atoms with E-state index in [2.05, 4.69) is 21.7 Å². The lowest BCUT2D eigenvalue weighted by Crippen LogP contribution is -2.14. The smallest absolute Gasteiger partial charge is 0.267 e. The van der Waals surface area contributed by atoms with Crippen LogP contribution in [0.2, 0.25) is 0 Å². The summed E-state index contributed by atoms with van der Waals surface area (Å²) >= 11 is 0. The van der Waals surface area contributed by atoms with Crippen molar-refractivity contribution in [3.05, 3.63) is 41.3 Å². The monoisotopic (exact) mass is 310 g/mol. The molecule has 2 aromatic rings. The molecular weight excluding hydrogens is 299 g/mol. The van der Waals surface area contributed by atoms with Gasteiger partial charge in [0.25, 0.3) is 10.0 Å². The van der Waals surface area contributed by atoms with Gasteiger partial charge in [-0.15, -0.1) is 0 Å². The summed E-state index contributed by atoms with van der Waals surface area (Å²) in [6.45, 7) is 1.25. The molecule has 8 heteroatoms. The van der Waals surface area contributed by atoms with Crippen LogP contribution >= 0.6 is 0 Å². The number of hydrogen-bond donors (Lipinski definition) is 2. The number of nitrogens with one attached hydrogen (secondary N) is 1. The molecule has 21 heavy (non-hydrogen) atoms. The van der Waals surface area contributed by atoms with Gasteiger partial charge >= 0.3 is 0 Å². The molecule has 0 aliphatic rings. The summed E-state index contributed by atoms with van der Waals surface area (Å²) in [5.41, 5.74) is 0.749. The SMILES string of the molecule is Cc1cc(NS(=O)(=O)c2ccc(C#CCO)cc2F)on1. The van der Waals surface area contributed by atoms with E-state index in [1.54, 1.807) is 6.92 Å². The summed E-state index contributed by atoms with van der Waals surface area (Å²) in [6, 6.07) is 4.77. The van der Waals surface area contributed by atoms with Crippen LogP contribution < -0.4 is 4.72 Å². The predicted molar refractivity (Wildman–Crippen MR) is 72.4 cm³/mol. The molecule has 0 saturated carbocycles. The molecule has 2 rings (SSSR count). The van der Waals surface area contributed by atoms with E-state index in [0.29, 0.717) is 5.69 Å². The van der Waals surface area contributed by atoms with Crippen molar-refractivity contribution in [2.75, 3.05) is 11.3 Å². The number of sulfonamides is 1. The van der Waals surface area contributed by atoms with Gasteiger partial charge in [-0.3, -0.25) is 0 Å². The van der Waals surface area contributed by atoms with Crippen LogP contribution in [0.5, 0.6) is 0 Å². The van der Waals surface area contributed by atoms with E-state index < -0.39 is 20.7 Å². The third-order valence-electron chi connectivity index (χ3n) is 2.40. The zero-order chi connectivity index (χ0) is 15.5. The Morgan fingerprint density at radius 1 is 1.43 bits per heavy atom. The second-order valence-electron chi connectivity index (χ2n) is 4.04. The lowest BCUT2D eigenvalue weighted by molar-refractivity contribution is 0.350. The fraction of sp³-hybridized carbons (Fsp3) is 0.154. The standard InChI is InChI=1S/C13H11FN2O4S/c1-9-7-13(20-15-9)16-21(18,19)12-5-4-10(3-2-6-17)8-11(12)14/h4-5,7-8,16-17H,6H2,1H3. The van der Waals surface area contributed by atoms with E-state index in [4.69, 9.17) is 9.63 Å². The van der Waals surface area contributed by atoms with Crippen LogP contribution in [0.3, 0.4) is 0 Å². The van der Waals surface area contributed by atoms with Crippen LogP contribution in [0, 0.1) is 24.6 Å². The number of aryl methyl sites for hydroxylation is 1. The number of hydrogen-bond acceptors (Lipinski definition) is 5. The number of aliphatic hydroxyl groups excluding tert-OH is 1. The van der Waals surface area contributed by atoms with Crippen molar-refractivity contribution in [3.8, 4) is 11.8 Å². The highest BCUT2D eigenvalue weighted by Crippen LogP contribution is 2.20. The first-order chi connectivity index (χ1) is 9.92. The van der Waals surface area contributed by atoms with Gasteiger partial charge < -0.3 is 9.63 Å². The molecule has 1 aromatic heterocycles. The fourth-order valence-corrected chi connectivity index (χ4v) is 2.57. The van der Waals surface area contributed by atoms with Crippen molar-refractivity contribution in [3.63, 3.8) is 0 Å². The maximum atomic E-state index is 13.9. The molecule has 110 valence electrons. The minimum atomic E-state index is -4.12. The molecular formula is C13H11FN2O4S. The van der Waals surface area contributed by atoms with Gasteiger partial charge in [-0.05, 0) is 25.1 Å². The van der Waals surface area contributed by atoms with E-state index in [-0.39, 0.29) is 18.1 Å². The van der Waals surface area contributed by atoms with Crippen LogP contribution in [0.15, 0.2) is 33.7 Å². The Balaban J connectivity index is 2.32. The van der Waals surface area contributed by atoms with Crippen LogP contribution in [0.1, 0.15) is 11.3 Å². The highest BCUT2D eigenvalue weighted by molar-refractivity contribution is 7.92. The second kappa shape index (κ2) is 5.95. The van der Waals surface area contributed by atoms with Gasteiger partial charge in [0.15, 0.2) is 0 Å². The zero-order valence-corrected chi connectivity index (χ0v) is 11.7. The third-order valence-corrected chi connectivity index (χ3v) is 3.78. The van der Waals surface area contributed by atoms with Crippen LogP contribution in [-0.2, 0) is 10.0 Å². The normalized spacial score (nSPS) is 10.8. The Morgan fingerprint density at radius 3 is 2.76 bits per heavy atom. The average molecular weight is 310 g/mol. The molecule has 1 heterocycles. The maximum absolute atomic E-state index is 13.9. The van der Waals surface area contributed by atoms with Gasteiger partial charge in [0.1, 0.15) is 17.3 Å². The molecule has 0 aliphatic carbocycles. The molecule has 0 amide bonds. The number of aromatic nitrogens is 1. The van der Waals surface area contributed by atoms with E-state index in [1.165, 1.54) is 12.1 Å². The largest absolute Gasteiger partial charge is 0.384 e. The summed E-state index contributed by atoms with van der Waals surface area (Å²) < 4.78 is 44.8. The molecule has 0 spiro atoms. The number of aliphatic hydroxyl groups is 1. The molecule has 0 fully saturated rings. The summed E-state index contributed by atoms with van der Waals surface area (Å²) in [6.07, 6.45) is 0. The predicted octanol–water partition coefficient (Wildman–Crippen LogP) is 1.27. The number of nitrogens with zero attached hydrogens (tertiary/aromatic N) is 1. The highest BCUT2D eigenvalue weighted by Gasteiger charge is 2.21. The minimum Gasteiger partial charge on any atom is -0.384 e. The number of rotatable bonds is 3. The number of halogens is 1. The second-order valence-corrected chi connectivity index (χ2v) is 5.69. The van der Waals surface area contributed by atoms with Gasteiger partial charge in [0.2, 0.25) is 5.88 Å². The molecule has 0 aliphatic heterocycles. The third kappa shape index (κ3) is 3.59. The van der Waals surface area contributed by atoms with Gasteiger partial charge in [-0.2, -0.15) is 0 Å². The van der Waals surface area contributed by atoms with Gasteiger partial charge in [-0.1, -0.05) is 17.0 Å². The molecule has 1 aromatic carbocycles. The van der Waals surface area contributed by atoms with E-state index in [1.807, 2.05) is 0 Å². The molecule has 2 N–H and O–H groups in total. The fourth-order valence-electron chi connectivity index (χ4n) is 1.54. The summed E-state index contributed by atoms with van der Waals surface area (Å²) in [7, 11) is -4.12. The molecule has 0 saturated heterocycles. The summed E-state index contributed by atoms with van der Waals surface area (Å²) in [4.78, 5) is -0.536. The van der Waals surface area contributed by atoms with Crippen LogP contribution in [-0.4, -0.2) is 25.3 Å². The Morgan fingerprint density at radius 2 is 2.19 bits per heavy atom. The topological polar surface area (TPSA) is 92.4 Å². The maximum Gasteiger partial charge on any atom is 0.267 e. The van der Waals surface area contributed by atoms with Gasteiger partial charge in [0.05, 0.1) is 5.69 Å². The summed E-state index contributed by atoms with van der Waals surface area (Å²) in [5, 5.41) is 12.1. The lowest BCUT2D eigenvalue weighted by Gasteiger charge is -2.06. The first kappa shape index (κ1) is 15.0. The lowest BCUT2D eigenvalue weighted by atomic mass is 10.2. The Hall–Kier alpha value is -2.37. The van der Waals surface area contributed by atoms with Crippen molar-refractivity contribution >= 4 is 15.9 Å². The number of anilines is 1. The Kier molecular flexibility index (Phi) is 4.26. The van der Waals surface area contributed by atoms with E-state index >= 15 is 0 Å². The zero-order valence-electron chi connectivity index (χ0n) is 10.9. The Labute approximate surface area is 120 Å². The summed E-state index contributed by atoms with van der Waals surface area (Å²) in [5.74, 6) is 3.77. The quantitative estimate of drug-likeness (QED) is 0.833. The average Bonchev–Trinajstić information content (AvgIpc) is 2.80. The first-order valence-corrected chi connectivity index (χ1v) is 7.26. The van der Waals surface area contributed by atoms with Crippen LogP contribution in [0.25, 0.3) is 0 Å². The van der Waals surface area contributed by atoms with E-state index in [0.717, 1.165) is 12.1 Å². The molecule has 0 atom stereocenters. The van der Waals surface area contributed by atoms with Crippen molar-refractivity contribution < 1.29 is 22.4 Å². The Bertz CT molecular complexity index is 818. The van der Waals surface area contributed by atoms with Crippen LogP contribution in [0.4, 0.5) is 10.3 Å². The molecule has 0 bridgehead atoms. The van der Waals surface area contributed by atoms with Crippen molar-refractivity contribution in [1.29, 1.82) is 0 Å². The minimum absolute atomic E-state index is 0.101.